The van der Waals surface area contributed by atoms with Crippen LogP contribution in [-0.4, -0.2) is 39.3 Å². The summed E-state index contributed by atoms with van der Waals surface area (Å²) in [4.78, 5) is 20.9. The highest BCUT2D eigenvalue weighted by Gasteiger charge is 2.38. The van der Waals surface area contributed by atoms with E-state index in [9.17, 15) is 22.4 Å². The largest absolute Gasteiger partial charge is 0.477 e. The van der Waals surface area contributed by atoms with Gasteiger partial charge in [-0.15, -0.1) is 0 Å². The van der Waals surface area contributed by atoms with Crippen LogP contribution in [0, 0.1) is 11.7 Å². The zero-order valence-electron chi connectivity index (χ0n) is 21.2. The summed E-state index contributed by atoms with van der Waals surface area (Å²) in [5.74, 6) is -0.982. The predicted molar refractivity (Wildman–Crippen MR) is 139 cm³/mol. The van der Waals surface area contributed by atoms with Crippen molar-refractivity contribution in [3.8, 4) is 11.3 Å². The van der Waals surface area contributed by atoms with Gasteiger partial charge in [-0.25, -0.2) is 14.2 Å². The van der Waals surface area contributed by atoms with Crippen molar-refractivity contribution < 1.29 is 32.0 Å². The van der Waals surface area contributed by atoms with Gasteiger partial charge in [-0.1, -0.05) is 17.3 Å². The number of anilines is 1. The summed E-state index contributed by atoms with van der Waals surface area (Å²) in [6, 6.07) is 8.84. The number of allylic oxidation sites excluding steroid dienone is 1. The summed E-state index contributed by atoms with van der Waals surface area (Å²) < 4.78 is 61.1. The number of hydrogen-bond acceptors (Lipinski definition) is 6. The fraction of sp³-hybridized carbons (Fsp3) is 0.310. The van der Waals surface area contributed by atoms with Crippen LogP contribution in [0.15, 0.2) is 53.2 Å². The van der Waals surface area contributed by atoms with Crippen LogP contribution in [0.25, 0.3) is 28.2 Å². The van der Waals surface area contributed by atoms with Crippen LogP contribution in [0.1, 0.15) is 59.1 Å². The average Bonchev–Trinajstić information content (AvgIpc) is 3.70. The van der Waals surface area contributed by atoms with Crippen molar-refractivity contribution in [1.82, 2.24) is 15.1 Å². The van der Waals surface area contributed by atoms with Crippen LogP contribution >= 0.6 is 0 Å². The molecule has 11 heteroatoms. The molecule has 2 fully saturated rings. The van der Waals surface area contributed by atoms with Crippen molar-refractivity contribution in [2.75, 3.05) is 18.0 Å². The number of carboxylic acid groups (broad SMARTS) is 1. The first kappa shape index (κ1) is 26.0. The Kier molecular flexibility index (Phi) is 6.52. The second-order valence-electron chi connectivity index (χ2n) is 10.2. The van der Waals surface area contributed by atoms with Gasteiger partial charge in [0.1, 0.15) is 17.3 Å². The molecule has 2 aliphatic rings. The van der Waals surface area contributed by atoms with E-state index >= 15 is 0 Å². The van der Waals surface area contributed by atoms with E-state index in [1.54, 1.807) is 18.2 Å². The van der Waals surface area contributed by atoms with Crippen LogP contribution < -0.4 is 4.90 Å². The molecule has 1 saturated heterocycles. The van der Waals surface area contributed by atoms with E-state index in [1.807, 2.05) is 12.2 Å². The summed E-state index contributed by atoms with van der Waals surface area (Å²) in [6.07, 6.45) is 3.73. The molecule has 0 bridgehead atoms. The molecule has 1 N–H and O–H groups in total. The third-order valence-corrected chi connectivity index (χ3v) is 7.44. The standard InChI is InChI=1S/C29H24F4N4O3/c30-22-15-24(28(38)39)35-23-8-6-18(14-21(22)23)37-12-9-16(10-13-37)3-7-19-25(36-40-26(19)17-4-5-17)20-2-1-11-34-27(20)29(31,32)33/h1-3,6-8,11,14-17H,4-5,9-10,12-13H2,(H,38,39)/b7-3+. The van der Waals surface area contributed by atoms with Crippen molar-refractivity contribution in [3.63, 3.8) is 0 Å². The van der Waals surface area contributed by atoms with Crippen LogP contribution in [0.2, 0.25) is 0 Å². The molecule has 6 rings (SSSR count). The lowest BCUT2D eigenvalue weighted by atomic mass is 9.94. The summed E-state index contributed by atoms with van der Waals surface area (Å²) in [6.45, 7) is 1.38. The quantitative estimate of drug-likeness (QED) is 0.259. The lowest BCUT2D eigenvalue weighted by Gasteiger charge is -2.32. The number of nitrogens with zero attached hydrogens (tertiary/aromatic N) is 4. The predicted octanol–water partition coefficient (Wildman–Crippen LogP) is 6.95. The summed E-state index contributed by atoms with van der Waals surface area (Å²) in [7, 11) is 0. The van der Waals surface area contributed by atoms with E-state index in [4.69, 9.17) is 9.63 Å². The van der Waals surface area contributed by atoms with Crippen molar-refractivity contribution in [2.45, 2.75) is 37.8 Å². The van der Waals surface area contributed by atoms with Crippen LogP contribution in [0.3, 0.4) is 0 Å². The smallest absolute Gasteiger partial charge is 0.434 e. The molecule has 206 valence electrons. The molecular weight excluding hydrogens is 528 g/mol. The number of halogens is 4. The second-order valence-corrected chi connectivity index (χ2v) is 10.2. The van der Waals surface area contributed by atoms with Crippen molar-refractivity contribution in [2.24, 2.45) is 5.92 Å². The van der Waals surface area contributed by atoms with E-state index in [2.05, 4.69) is 20.0 Å². The first-order valence-corrected chi connectivity index (χ1v) is 13.0. The van der Waals surface area contributed by atoms with E-state index in [1.165, 1.54) is 12.1 Å². The van der Waals surface area contributed by atoms with Gasteiger partial charge in [0.25, 0.3) is 0 Å². The molecule has 40 heavy (non-hydrogen) atoms. The maximum Gasteiger partial charge on any atom is 0.434 e. The molecule has 0 radical (unpaired) electrons. The first-order valence-electron chi connectivity index (χ1n) is 13.0. The molecule has 0 amide bonds. The Morgan fingerprint density at radius 1 is 1.10 bits per heavy atom. The lowest BCUT2D eigenvalue weighted by Crippen LogP contribution is -2.33. The number of alkyl halides is 3. The molecule has 0 unspecified atom stereocenters. The number of pyridine rings is 2. The topological polar surface area (TPSA) is 92.3 Å². The van der Waals surface area contributed by atoms with Gasteiger partial charge < -0.3 is 14.5 Å². The SMILES string of the molecule is O=C(O)c1cc(F)c2cc(N3CCC(/C=C/c4c(-c5cccnc5C(F)(F)F)noc4C4CC4)CC3)ccc2n1. The molecule has 1 aliphatic carbocycles. The Balaban J connectivity index is 1.21. The molecule has 3 aromatic heterocycles. The molecule has 7 nitrogen and oxygen atoms in total. The minimum Gasteiger partial charge on any atom is -0.477 e. The molecule has 1 saturated carbocycles. The number of benzene rings is 1. The van der Waals surface area contributed by atoms with E-state index in [0.717, 1.165) is 43.6 Å². The van der Waals surface area contributed by atoms with E-state index in [-0.39, 0.29) is 39.7 Å². The van der Waals surface area contributed by atoms with Crippen LogP contribution in [-0.2, 0) is 6.18 Å². The van der Waals surface area contributed by atoms with Gasteiger partial charge in [-0.05, 0) is 61.9 Å². The maximum absolute atomic E-state index is 14.6. The van der Waals surface area contributed by atoms with Gasteiger partial charge in [0, 0.05) is 53.5 Å². The average molecular weight is 553 g/mol. The highest BCUT2D eigenvalue weighted by Crippen LogP contribution is 2.46. The number of fused-ring (bicyclic) bond motifs is 1. The number of hydrogen-bond donors (Lipinski definition) is 1. The van der Waals surface area contributed by atoms with Gasteiger partial charge in [0.05, 0.1) is 5.52 Å². The Hall–Kier alpha value is -4.28. The zero-order chi connectivity index (χ0) is 28.0. The van der Waals surface area contributed by atoms with Gasteiger partial charge in [-0.2, -0.15) is 13.2 Å². The molecule has 4 heterocycles. The van der Waals surface area contributed by atoms with Crippen LogP contribution in [0.4, 0.5) is 23.2 Å². The van der Waals surface area contributed by atoms with Crippen molar-refractivity contribution in [1.29, 1.82) is 0 Å². The number of aromatic carboxylic acids is 1. The van der Waals surface area contributed by atoms with Gasteiger partial charge in [0.15, 0.2) is 11.4 Å². The maximum atomic E-state index is 14.6. The highest BCUT2D eigenvalue weighted by atomic mass is 19.4. The molecular formula is C29H24F4N4O3. The fourth-order valence-corrected chi connectivity index (χ4v) is 5.19. The normalized spacial score (nSPS) is 16.8. The Morgan fingerprint density at radius 2 is 1.88 bits per heavy atom. The summed E-state index contributed by atoms with van der Waals surface area (Å²) in [5.41, 5.74) is 0.368. The summed E-state index contributed by atoms with van der Waals surface area (Å²) >= 11 is 0. The second kappa shape index (κ2) is 10.0. The fourth-order valence-electron chi connectivity index (χ4n) is 5.19. The van der Waals surface area contributed by atoms with Crippen molar-refractivity contribution >= 4 is 28.6 Å². The Morgan fingerprint density at radius 3 is 2.58 bits per heavy atom. The van der Waals surface area contributed by atoms with Gasteiger partial charge >= 0.3 is 12.1 Å². The summed E-state index contributed by atoms with van der Waals surface area (Å²) in [5, 5.41) is 13.4. The number of piperidine rings is 1. The minimum absolute atomic E-state index is 0.103. The number of aromatic nitrogens is 3. The zero-order valence-corrected chi connectivity index (χ0v) is 21.2. The molecule has 1 aliphatic heterocycles. The van der Waals surface area contributed by atoms with Crippen molar-refractivity contribution in [3.05, 3.63) is 77.2 Å². The van der Waals surface area contributed by atoms with E-state index in [0.29, 0.717) is 24.4 Å². The third kappa shape index (κ3) is 5.03. The Labute approximate surface area is 226 Å². The minimum atomic E-state index is -4.62. The molecule has 4 aromatic rings. The number of rotatable bonds is 6. The molecule has 1 aromatic carbocycles. The lowest BCUT2D eigenvalue weighted by molar-refractivity contribution is -0.140. The monoisotopic (exact) mass is 552 g/mol. The third-order valence-electron chi connectivity index (χ3n) is 7.44. The molecule has 0 atom stereocenters. The Bertz CT molecular complexity index is 1620. The number of carboxylic acids is 1. The van der Waals surface area contributed by atoms with Crippen LogP contribution in [0.5, 0.6) is 0 Å². The first-order chi connectivity index (χ1) is 19.2. The number of carbonyl (C=O) groups is 1. The van der Waals surface area contributed by atoms with E-state index < -0.39 is 23.7 Å². The van der Waals surface area contributed by atoms with Gasteiger partial charge in [0.2, 0.25) is 0 Å². The van der Waals surface area contributed by atoms with Gasteiger partial charge in [-0.3, -0.25) is 4.98 Å². The molecule has 0 spiro atoms. The highest BCUT2D eigenvalue weighted by molar-refractivity contribution is 5.91.